The number of nitro benzene ring substituents is 2. The van der Waals surface area contributed by atoms with Crippen molar-refractivity contribution in [3.63, 3.8) is 0 Å². The second kappa shape index (κ2) is 12.3. The van der Waals surface area contributed by atoms with Crippen molar-refractivity contribution in [1.29, 1.82) is 0 Å². The zero-order valence-electron chi connectivity index (χ0n) is 25.6. The van der Waals surface area contributed by atoms with Gasteiger partial charge in [-0.3, -0.25) is 29.6 Å². The Hall–Kier alpha value is -6.08. The van der Waals surface area contributed by atoms with Crippen LogP contribution in [0.4, 0.5) is 11.4 Å². The van der Waals surface area contributed by atoms with Crippen LogP contribution in [0.15, 0.2) is 100 Å². The summed E-state index contributed by atoms with van der Waals surface area (Å²) in [5.74, 6) is 0.898. The average Bonchev–Trinajstić information content (AvgIpc) is 3.41. The van der Waals surface area contributed by atoms with Crippen LogP contribution >= 0.6 is 11.3 Å². The van der Waals surface area contributed by atoms with E-state index in [1.54, 1.807) is 36.0 Å². The van der Waals surface area contributed by atoms with E-state index in [1.807, 2.05) is 36.4 Å². The minimum absolute atomic E-state index is 0.150. The molecule has 0 fully saturated rings. The fraction of sp³-hybridized carbons (Fsp3) is 0.143. The summed E-state index contributed by atoms with van der Waals surface area (Å²) in [5, 5.41) is 22.8. The minimum atomic E-state index is -0.752. The highest BCUT2D eigenvalue weighted by atomic mass is 32.1. The molecule has 7 rings (SSSR count). The molecule has 1 aliphatic heterocycles. The van der Waals surface area contributed by atoms with Gasteiger partial charge >= 0.3 is 5.69 Å². The van der Waals surface area contributed by atoms with Gasteiger partial charge in [0.05, 0.1) is 46.4 Å². The quantitative estimate of drug-likeness (QED) is 0.146. The van der Waals surface area contributed by atoms with Crippen LogP contribution in [0, 0.1) is 20.2 Å². The average molecular weight is 663 g/mol. The summed E-state index contributed by atoms with van der Waals surface area (Å²) >= 11 is 1.29. The molecule has 2 heterocycles. The maximum Gasteiger partial charge on any atom is 0.318 e. The van der Waals surface area contributed by atoms with Crippen LogP contribution in [0.5, 0.6) is 23.0 Å². The third-order valence-corrected chi connectivity index (χ3v) is 9.32. The molecule has 0 saturated carbocycles. The van der Waals surface area contributed by atoms with Gasteiger partial charge in [0, 0.05) is 11.6 Å². The maximum atomic E-state index is 14.2. The second-order valence-electron chi connectivity index (χ2n) is 11.1. The lowest BCUT2D eigenvalue weighted by Gasteiger charge is -2.31. The molecule has 4 aromatic carbocycles. The predicted octanol–water partition coefficient (Wildman–Crippen LogP) is 5.94. The lowest BCUT2D eigenvalue weighted by atomic mass is 9.83. The van der Waals surface area contributed by atoms with Gasteiger partial charge in [-0.2, -0.15) is 0 Å². The van der Waals surface area contributed by atoms with E-state index in [-0.39, 0.29) is 28.8 Å². The van der Waals surface area contributed by atoms with Crippen molar-refractivity contribution in [3.05, 3.63) is 153 Å². The number of nitrogens with zero attached hydrogens (tertiary/aromatic N) is 4. The Labute approximate surface area is 276 Å². The first-order valence-electron chi connectivity index (χ1n) is 14.8. The number of hydrogen-bond donors (Lipinski definition) is 0. The normalized spacial score (nSPS) is 15.1. The van der Waals surface area contributed by atoms with Crippen LogP contribution in [0.1, 0.15) is 34.7 Å². The molecule has 48 heavy (non-hydrogen) atoms. The number of benzene rings is 4. The number of thiazole rings is 1. The Morgan fingerprint density at radius 3 is 2.46 bits per heavy atom. The molecular weight excluding hydrogens is 636 g/mol. The van der Waals surface area contributed by atoms with Gasteiger partial charge in [-0.1, -0.05) is 53.8 Å². The summed E-state index contributed by atoms with van der Waals surface area (Å²) in [5.41, 5.74) is 4.60. The van der Waals surface area contributed by atoms with Crippen LogP contribution < -0.4 is 29.1 Å². The molecule has 0 amide bonds. The van der Waals surface area contributed by atoms with Gasteiger partial charge in [0.15, 0.2) is 16.3 Å². The molecule has 0 spiro atoms. The van der Waals surface area contributed by atoms with Crippen molar-refractivity contribution in [1.82, 2.24) is 4.57 Å². The first-order valence-corrected chi connectivity index (χ1v) is 15.6. The van der Waals surface area contributed by atoms with Gasteiger partial charge < -0.3 is 14.2 Å². The fourth-order valence-electron chi connectivity index (χ4n) is 6.11. The zero-order chi connectivity index (χ0) is 33.5. The van der Waals surface area contributed by atoms with Gasteiger partial charge in [0.25, 0.3) is 11.2 Å². The Balaban J connectivity index is 1.32. The third-order valence-electron chi connectivity index (χ3n) is 8.34. The van der Waals surface area contributed by atoms with Gasteiger partial charge in [-0.05, 0) is 71.5 Å². The van der Waals surface area contributed by atoms with E-state index in [1.165, 1.54) is 30.1 Å². The van der Waals surface area contributed by atoms with Gasteiger partial charge in [0.1, 0.15) is 5.75 Å². The number of fused-ring (bicyclic) bond motifs is 3. The summed E-state index contributed by atoms with van der Waals surface area (Å²) in [6.45, 7) is 0. The lowest BCUT2D eigenvalue weighted by molar-refractivity contribution is -0.394. The first-order chi connectivity index (χ1) is 23.2. The molecule has 240 valence electrons. The Kier molecular flexibility index (Phi) is 7.81. The molecule has 0 bridgehead atoms. The highest BCUT2D eigenvalue weighted by Gasteiger charge is 2.33. The highest BCUT2D eigenvalue weighted by molar-refractivity contribution is 7.07. The number of rotatable bonds is 8. The van der Waals surface area contributed by atoms with Gasteiger partial charge in [-0.25, -0.2) is 4.99 Å². The van der Waals surface area contributed by atoms with Crippen molar-refractivity contribution < 1.29 is 24.1 Å². The number of aromatic nitrogens is 1. The van der Waals surface area contributed by atoms with Crippen molar-refractivity contribution in [3.8, 4) is 23.0 Å². The van der Waals surface area contributed by atoms with Crippen LogP contribution in [0.3, 0.4) is 0 Å². The number of nitro groups is 2. The maximum absolute atomic E-state index is 14.2. The standard InChI is InChI=1S/C35H26N4O8S/c1-45-24-8-5-7-22(18-24)33-26-13-11-21-6-3-4-9-25(21)32(26)36-35-37(33)34(40)31(48-35)17-20-10-14-29(30(16-20)46-2)47-28-15-12-23(38(41)42)19-27(28)39(43)44/h3-10,12,14-19,33H,11,13H2,1-2H3/b31-17+/t33-/m0/s1. The number of aryl methyl sites for hydroxylation is 1. The molecule has 1 atom stereocenters. The molecule has 0 saturated heterocycles. The van der Waals surface area contributed by atoms with Crippen molar-refractivity contribution in [2.24, 2.45) is 4.99 Å². The number of hydrogen-bond acceptors (Lipinski definition) is 10. The van der Waals surface area contributed by atoms with E-state index in [0.717, 1.165) is 47.4 Å². The Bertz CT molecular complexity index is 2360. The van der Waals surface area contributed by atoms with E-state index in [2.05, 4.69) is 12.1 Å². The molecule has 13 heteroatoms. The molecule has 0 unspecified atom stereocenters. The summed E-state index contributed by atoms with van der Waals surface area (Å²) < 4.78 is 19.0. The summed E-state index contributed by atoms with van der Waals surface area (Å²) in [6, 6.07) is 23.6. The molecule has 5 aromatic rings. The topological polar surface area (TPSA) is 148 Å². The molecule has 1 aliphatic carbocycles. The summed E-state index contributed by atoms with van der Waals surface area (Å²) in [6.07, 6.45) is 3.34. The van der Waals surface area contributed by atoms with E-state index >= 15 is 0 Å². The lowest BCUT2D eigenvalue weighted by Crippen LogP contribution is -2.38. The molecule has 0 radical (unpaired) electrons. The molecule has 1 aromatic heterocycles. The Morgan fingerprint density at radius 2 is 1.69 bits per heavy atom. The van der Waals surface area contributed by atoms with Crippen molar-refractivity contribution in [2.45, 2.75) is 18.9 Å². The zero-order valence-corrected chi connectivity index (χ0v) is 26.4. The molecular formula is C35H26N4O8S. The van der Waals surface area contributed by atoms with Crippen LogP contribution in [-0.2, 0) is 6.42 Å². The summed E-state index contributed by atoms with van der Waals surface area (Å²) in [4.78, 5) is 41.1. The number of ether oxygens (including phenoxy) is 3. The SMILES string of the molecule is COc1cccc([C@H]2C3=C(N=c4s/c(=C/c5ccc(Oc6ccc([N+](=O)[O-])cc6[N+](=O)[O-])c(OC)c5)c(=O)n42)c2ccccc2CC3)c1. The molecule has 12 nitrogen and oxygen atoms in total. The van der Waals surface area contributed by atoms with Crippen LogP contribution in [0.25, 0.3) is 11.8 Å². The van der Waals surface area contributed by atoms with Crippen molar-refractivity contribution >= 4 is 34.5 Å². The smallest absolute Gasteiger partial charge is 0.318 e. The van der Waals surface area contributed by atoms with Gasteiger partial charge in [0.2, 0.25) is 5.75 Å². The van der Waals surface area contributed by atoms with E-state index in [9.17, 15) is 25.0 Å². The van der Waals surface area contributed by atoms with Gasteiger partial charge in [-0.15, -0.1) is 0 Å². The predicted molar refractivity (Wildman–Crippen MR) is 179 cm³/mol. The van der Waals surface area contributed by atoms with E-state index in [0.29, 0.717) is 20.6 Å². The van der Waals surface area contributed by atoms with E-state index in [4.69, 9.17) is 19.2 Å². The number of allylic oxidation sites excluding steroid dienone is 1. The molecule has 2 aliphatic rings. The summed E-state index contributed by atoms with van der Waals surface area (Å²) in [7, 11) is 3.03. The minimum Gasteiger partial charge on any atom is -0.497 e. The third kappa shape index (κ3) is 5.39. The first kappa shape index (κ1) is 30.6. The van der Waals surface area contributed by atoms with Crippen LogP contribution in [-0.4, -0.2) is 28.6 Å². The number of methoxy groups -OCH3 is 2. The largest absolute Gasteiger partial charge is 0.497 e. The van der Waals surface area contributed by atoms with Crippen LogP contribution in [0.2, 0.25) is 0 Å². The Morgan fingerprint density at radius 1 is 0.875 bits per heavy atom. The second-order valence-corrected chi connectivity index (χ2v) is 12.1. The van der Waals surface area contributed by atoms with E-state index < -0.39 is 21.2 Å². The molecule has 0 N–H and O–H groups in total. The highest BCUT2D eigenvalue weighted by Crippen LogP contribution is 2.42. The fourth-order valence-corrected chi connectivity index (χ4v) is 7.11. The monoisotopic (exact) mass is 662 g/mol. The number of non-ortho nitro benzene ring substituents is 1. The van der Waals surface area contributed by atoms with Crippen molar-refractivity contribution in [2.75, 3.05) is 14.2 Å².